The van der Waals surface area contributed by atoms with Gasteiger partial charge in [0.05, 0.1) is 21.1 Å². The average molecular weight is 300 g/mol. The van der Waals surface area contributed by atoms with E-state index in [0.717, 1.165) is 15.0 Å². The fraction of sp³-hybridized carbons (Fsp3) is 0.111. The van der Waals surface area contributed by atoms with Gasteiger partial charge in [-0.05, 0) is 34.7 Å². The quantitative estimate of drug-likeness (QED) is 0.851. The zero-order valence-corrected chi connectivity index (χ0v) is 9.55. The Morgan fingerprint density at radius 1 is 1.50 bits per heavy atom. The molecule has 0 atom stereocenters. The summed E-state index contributed by atoms with van der Waals surface area (Å²) in [4.78, 5) is 4.19. The molecule has 0 saturated heterocycles. The average Bonchev–Trinajstić information content (AvgIpc) is 2.65. The fourth-order valence-corrected chi connectivity index (χ4v) is 1.62. The zero-order chi connectivity index (χ0) is 9.97. The molecule has 72 valence electrons. The van der Waals surface area contributed by atoms with Crippen molar-refractivity contribution in [3.63, 3.8) is 0 Å². The predicted octanol–water partition coefficient (Wildman–Crippen LogP) is 1.33. The van der Waals surface area contributed by atoms with Crippen LogP contribution in [0.5, 0.6) is 0 Å². The molecule has 0 spiro atoms. The molecule has 0 unspecified atom stereocenters. The first-order chi connectivity index (χ1) is 6.81. The van der Waals surface area contributed by atoms with Gasteiger partial charge in [-0.2, -0.15) is 5.10 Å². The van der Waals surface area contributed by atoms with E-state index in [0.29, 0.717) is 6.54 Å². The van der Waals surface area contributed by atoms with Crippen molar-refractivity contribution in [2.45, 2.75) is 6.54 Å². The third kappa shape index (κ3) is 1.78. The normalized spacial score (nSPS) is 10.4. The maximum atomic E-state index is 5.59. The van der Waals surface area contributed by atoms with Gasteiger partial charge in [0, 0.05) is 18.9 Å². The molecule has 0 amide bonds. The summed E-state index contributed by atoms with van der Waals surface area (Å²) in [5.41, 5.74) is 7.39. The maximum absolute atomic E-state index is 5.59. The summed E-state index contributed by atoms with van der Waals surface area (Å²) in [6.45, 7) is 0.423. The fourth-order valence-electron chi connectivity index (χ4n) is 1.23. The molecule has 2 aromatic rings. The number of hydrogen-bond acceptors (Lipinski definition) is 3. The van der Waals surface area contributed by atoms with Crippen LogP contribution >= 0.6 is 22.6 Å². The number of pyridine rings is 1. The topological polar surface area (TPSA) is 56.7 Å². The summed E-state index contributed by atoms with van der Waals surface area (Å²) < 4.78 is 2.88. The van der Waals surface area contributed by atoms with Crippen molar-refractivity contribution >= 4 is 22.6 Å². The van der Waals surface area contributed by atoms with Crippen molar-refractivity contribution in [2.24, 2.45) is 5.73 Å². The molecule has 0 aromatic carbocycles. The minimum Gasteiger partial charge on any atom is -0.325 e. The highest BCUT2D eigenvalue weighted by Crippen LogP contribution is 2.12. The molecule has 0 fully saturated rings. The van der Waals surface area contributed by atoms with Gasteiger partial charge in [0.1, 0.15) is 0 Å². The summed E-state index contributed by atoms with van der Waals surface area (Å²) >= 11 is 2.22. The van der Waals surface area contributed by atoms with E-state index in [4.69, 9.17) is 5.73 Å². The Kier molecular flexibility index (Phi) is 2.78. The second-order valence-corrected chi connectivity index (χ2v) is 4.02. The van der Waals surface area contributed by atoms with E-state index < -0.39 is 0 Å². The molecule has 4 nitrogen and oxygen atoms in total. The van der Waals surface area contributed by atoms with E-state index in [1.165, 1.54) is 0 Å². The predicted molar refractivity (Wildman–Crippen MR) is 62.0 cm³/mol. The number of nitrogens with zero attached hydrogens (tertiary/aromatic N) is 3. The third-order valence-electron chi connectivity index (χ3n) is 1.86. The molecular weight excluding hydrogens is 291 g/mol. The molecule has 2 rings (SSSR count). The summed E-state index contributed by atoms with van der Waals surface area (Å²) in [6.07, 6.45) is 5.48. The second kappa shape index (κ2) is 4.05. The second-order valence-electron chi connectivity index (χ2n) is 2.78. The lowest BCUT2D eigenvalue weighted by atomic mass is 10.3. The molecule has 14 heavy (non-hydrogen) atoms. The molecular formula is C9H9IN4. The Morgan fingerprint density at radius 2 is 2.36 bits per heavy atom. The number of rotatable bonds is 2. The van der Waals surface area contributed by atoms with Gasteiger partial charge in [-0.3, -0.25) is 4.98 Å². The lowest BCUT2D eigenvalue weighted by Crippen LogP contribution is -2.06. The zero-order valence-electron chi connectivity index (χ0n) is 7.39. The summed E-state index contributed by atoms with van der Waals surface area (Å²) in [5.74, 6) is 0. The van der Waals surface area contributed by atoms with Crippen molar-refractivity contribution in [3.8, 4) is 5.69 Å². The van der Waals surface area contributed by atoms with E-state index in [1.54, 1.807) is 17.1 Å². The Balaban J connectivity index is 2.50. The first kappa shape index (κ1) is 9.60. The van der Waals surface area contributed by atoms with Gasteiger partial charge in [0.15, 0.2) is 0 Å². The van der Waals surface area contributed by atoms with Gasteiger partial charge in [-0.15, -0.1) is 0 Å². The van der Waals surface area contributed by atoms with Crippen LogP contribution in [0.15, 0.2) is 30.7 Å². The molecule has 0 radical (unpaired) electrons. The highest BCUT2D eigenvalue weighted by Gasteiger charge is 2.04. The molecule has 0 aliphatic rings. The van der Waals surface area contributed by atoms with Crippen LogP contribution < -0.4 is 5.73 Å². The van der Waals surface area contributed by atoms with Crippen LogP contribution in [0, 0.1) is 3.57 Å². The highest BCUT2D eigenvalue weighted by molar-refractivity contribution is 14.1. The molecule has 0 aliphatic carbocycles. The van der Waals surface area contributed by atoms with Crippen molar-refractivity contribution in [3.05, 3.63) is 40.0 Å². The molecule has 0 bridgehead atoms. The molecule has 5 heteroatoms. The first-order valence-corrected chi connectivity index (χ1v) is 5.23. The monoisotopic (exact) mass is 300 g/mol. The van der Waals surface area contributed by atoms with Crippen LogP contribution in [0.3, 0.4) is 0 Å². The van der Waals surface area contributed by atoms with Crippen LogP contribution in [0.4, 0.5) is 0 Å². The Labute approximate surface area is 95.3 Å². The third-order valence-corrected chi connectivity index (χ3v) is 2.41. The summed E-state index contributed by atoms with van der Waals surface area (Å²) in [7, 11) is 0. The van der Waals surface area contributed by atoms with Gasteiger partial charge < -0.3 is 5.73 Å². The number of hydrogen-bond donors (Lipinski definition) is 1. The molecule has 2 heterocycles. The van der Waals surface area contributed by atoms with Crippen LogP contribution in [-0.4, -0.2) is 14.8 Å². The summed E-state index contributed by atoms with van der Waals surface area (Å²) in [6, 6.07) is 3.83. The first-order valence-electron chi connectivity index (χ1n) is 4.16. The van der Waals surface area contributed by atoms with Gasteiger partial charge in [0.2, 0.25) is 0 Å². The smallest absolute Gasteiger partial charge is 0.0874 e. The molecule has 0 aliphatic heterocycles. The number of aromatic nitrogens is 3. The van der Waals surface area contributed by atoms with Crippen LogP contribution in [0.25, 0.3) is 5.69 Å². The van der Waals surface area contributed by atoms with E-state index >= 15 is 0 Å². The standard InChI is InChI=1S/C9H9IN4/c10-7-5-13-14(6-7)9-2-1-3-12-8(9)4-11/h1-3,5-6H,4,11H2. The summed E-state index contributed by atoms with van der Waals surface area (Å²) in [5, 5.41) is 4.21. The van der Waals surface area contributed by atoms with Crippen molar-refractivity contribution in [1.82, 2.24) is 14.8 Å². The maximum Gasteiger partial charge on any atom is 0.0874 e. The lowest BCUT2D eigenvalue weighted by Gasteiger charge is -2.05. The van der Waals surface area contributed by atoms with Crippen molar-refractivity contribution in [1.29, 1.82) is 0 Å². The lowest BCUT2D eigenvalue weighted by molar-refractivity contribution is 0.839. The number of nitrogens with two attached hydrogens (primary N) is 1. The molecule has 0 saturated carbocycles. The van der Waals surface area contributed by atoms with E-state index in [-0.39, 0.29) is 0 Å². The van der Waals surface area contributed by atoms with Gasteiger partial charge >= 0.3 is 0 Å². The van der Waals surface area contributed by atoms with Crippen molar-refractivity contribution in [2.75, 3.05) is 0 Å². The SMILES string of the molecule is NCc1ncccc1-n1cc(I)cn1. The largest absolute Gasteiger partial charge is 0.325 e. The van der Waals surface area contributed by atoms with Gasteiger partial charge in [-0.25, -0.2) is 4.68 Å². The van der Waals surface area contributed by atoms with Crippen molar-refractivity contribution < 1.29 is 0 Å². The van der Waals surface area contributed by atoms with Crippen LogP contribution in [0.1, 0.15) is 5.69 Å². The molecule has 2 N–H and O–H groups in total. The van der Waals surface area contributed by atoms with E-state index in [1.807, 2.05) is 18.3 Å². The minimum absolute atomic E-state index is 0.423. The van der Waals surface area contributed by atoms with Gasteiger partial charge in [0.25, 0.3) is 0 Å². The van der Waals surface area contributed by atoms with Crippen LogP contribution in [0.2, 0.25) is 0 Å². The minimum atomic E-state index is 0.423. The van der Waals surface area contributed by atoms with Gasteiger partial charge in [-0.1, -0.05) is 0 Å². The Hall–Kier alpha value is -0.950. The van der Waals surface area contributed by atoms with E-state index in [9.17, 15) is 0 Å². The highest BCUT2D eigenvalue weighted by atomic mass is 127. The Bertz CT molecular complexity index is 438. The Morgan fingerprint density at radius 3 is 3.00 bits per heavy atom. The van der Waals surface area contributed by atoms with E-state index in [2.05, 4.69) is 32.7 Å². The molecule has 2 aromatic heterocycles. The number of halogens is 1. The van der Waals surface area contributed by atoms with Crippen LogP contribution in [-0.2, 0) is 6.54 Å².